The minimum absolute atomic E-state index is 0. The molecule has 0 aromatic rings. The van der Waals surface area contributed by atoms with E-state index in [-0.39, 0.29) is 4.28 Å². The quantitative estimate of drug-likeness (QED) is 0.187. The van der Waals surface area contributed by atoms with Crippen molar-refractivity contribution in [1.82, 2.24) is 0 Å². The molecule has 4 unspecified atom stereocenters. The largest absolute Gasteiger partial charge is 0.378 e. The van der Waals surface area contributed by atoms with Gasteiger partial charge in [-0.3, -0.25) is 0 Å². The van der Waals surface area contributed by atoms with Crippen molar-refractivity contribution in [2.45, 2.75) is 128 Å². The molecule has 7 fully saturated rings. The predicted octanol–water partition coefficient (Wildman–Crippen LogP) is 6.32. The minimum atomic E-state index is 0. The van der Waals surface area contributed by atoms with Crippen LogP contribution in [-0.2, 0) is 37.9 Å². The van der Waals surface area contributed by atoms with Gasteiger partial charge in [-0.15, -0.1) is 0 Å². The molecule has 0 aromatic heterocycles. The molecule has 7 rings (SSSR count). The van der Waals surface area contributed by atoms with E-state index in [1.807, 2.05) is 0 Å². The second-order valence-electron chi connectivity index (χ2n) is 15.2. The number of ether oxygens (including phenoxy) is 8. The van der Waals surface area contributed by atoms with Crippen LogP contribution in [0, 0.1) is 29.1 Å². The lowest BCUT2D eigenvalue weighted by molar-refractivity contribution is -0.0387. The van der Waals surface area contributed by atoms with Gasteiger partial charge in [0.2, 0.25) is 0 Å². The van der Waals surface area contributed by atoms with Gasteiger partial charge < -0.3 is 37.9 Å². The topological polar surface area (TPSA) is 87.0 Å². The van der Waals surface area contributed by atoms with E-state index in [9.17, 15) is 0 Å². The Morgan fingerprint density at radius 2 is 0.791 bits per heavy atom. The molecule has 3 aliphatic carbocycles. The van der Waals surface area contributed by atoms with Crippen LogP contribution in [0.1, 0.15) is 95.2 Å². The van der Waals surface area contributed by atoms with Crippen molar-refractivity contribution in [3.63, 3.8) is 0 Å². The smallest absolute Gasteiger partial charge is 0.104 e. The Morgan fingerprint density at radius 3 is 1.12 bits per heavy atom. The van der Waals surface area contributed by atoms with E-state index >= 15 is 0 Å². The molecular formula is C35H66O8. The SMILES string of the molecule is C1CC(COCC2CO2)CCC1COCC1CO1.CC(C)(C1CCC(OCC2CO2)CC1)C1CCC(OCC2CO2)CC1.[HH].[HH].[HH]. The summed E-state index contributed by atoms with van der Waals surface area (Å²) < 4.78 is 44.2. The van der Waals surface area contributed by atoms with Crippen LogP contribution in [0.25, 0.3) is 0 Å². The third-order valence-corrected chi connectivity index (χ3v) is 11.4. The van der Waals surface area contributed by atoms with Crippen LogP contribution in [0.5, 0.6) is 0 Å². The van der Waals surface area contributed by atoms with Crippen molar-refractivity contribution in [1.29, 1.82) is 0 Å². The molecule has 0 aromatic carbocycles. The molecule has 0 radical (unpaired) electrons. The van der Waals surface area contributed by atoms with Gasteiger partial charge in [-0.2, -0.15) is 0 Å². The van der Waals surface area contributed by atoms with E-state index in [1.54, 1.807) is 0 Å². The molecule has 0 N–H and O–H groups in total. The minimum Gasteiger partial charge on any atom is -0.378 e. The Morgan fingerprint density at radius 1 is 0.465 bits per heavy atom. The first-order chi connectivity index (χ1) is 21.0. The second kappa shape index (κ2) is 16.0. The first-order valence-electron chi connectivity index (χ1n) is 17.9. The summed E-state index contributed by atoms with van der Waals surface area (Å²) in [5.41, 5.74) is 0.454. The molecule has 8 heteroatoms. The molecule has 4 heterocycles. The first-order valence-corrected chi connectivity index (χ1v) is 17.9. The van der Waals surface area contributed by atoms with E-state index < -0.39 is 0 Å². The molecule has 7 aliphatic rings. The maximum absolute atomic E-state index is 6.03. The summed E-state index contributed by atoms with van der Waals surface area (Å²) in [6.07, 6.45) is 18.0. The standard InChI is InChI=1S/C21H36O4.C14H24O4.3H2/c1-21(2,15-3-7-17(8-4-15)22-11-19-13-24-19)16-5-9-18(10-6-16)23-12-20-14-25-20;1-2-12(6-16-8-14-10-18-14)4-3-11(1)5-15-7-13-9-17-13;;;/h15-20H,3-14H2,1-2H3;11-14H,1-10H2;3*1H. The predicted molar refractivity (Wildman–Crippen MR) is 170 cm³/mol. The zero-order chi connectivity index (χ0) is 29.5. The van der Waals surface area contributed by atoms with Crippen molar-refractivity contribution < 1.29 is 42.2 Å². The van der Waals surface area contributed by atoms with Gasteiger partial charge in [0.05, 0.1) is 65.1 Å². The molecule has 4 aliphatic heterocycles. The molecule has 43 heavy (non-hydrogen) atoms. The average Bonchev–Trinajstić information content (AvgIpc) is 3.83. The van der Waals surface area contributed by atoms with Gasteiger partial charge in [0.25, 0.3) is 0 Å². The maximum atomic E-state index is 6.03. The van der Waals surface area contributed by atoms with Crippen molar-refractivity contribution in [3.8, 4) is 0 Å². The van der Waals surface area contributed by atoms with Gasteiger partial charge in [0.1, 0.15) is 24.4 Å². The zero-order valence-corrected chi connectivity index (χ0v) is 27.1. The zero-order valence-electron chi connectivity index (χ0n) is 27.1. The highest BCUT2D eigenvalue weighted by Gasteiger charge is 2.41. The first kappa shape index (κ1) is 32.6. The second-order valence-corrected chi connectivity index (χ2v) is 15.2. The van der Waals surface area contributed by atoms with Crippen molar-refractivity contribution >= 4 is 0 Å². The Hall–Kier alpha value is -0.320. The van der Waals surface area contributed by atoms with Gasteiger partial charge in [-0.05, 0) is 106 Å². The molecular weight excluding hydrogens is 548 g/mol. The summed E-state index contributed by atoms with van der Waals surface area (Å²) in [5.74, 6) is 3.22. The van der Waals surface area contributed by atoms with E-state index in [4.69, 9.17) is 37.9 Å². The lowest BCUT2D eigenvalue weighted by Crippen LogP contribution is -2.39. The van der Waals surface area contributed by atoms with E-state index in [1.165, 1.54) is 77.0 Å². The lowest BCUT2D eigenvalue weighted by atomic mass is 9.60. The molecule has 4 saturated heterocycles. The number of hydrogen-bond donors (Lipinski definition) is 0. The van der Waals surface area contributed by atoms with Gasteiger partial charge in [-0.25, -0.2) is 0 Å². The van der Waals surface area contributed by atoms with E-state index in [0.29, 0.717) is 42.0 Å². The number of epoxide rings is 4. The summed E-state index contributed by atoms with van der Waals surface area (Å²) in [7, 11) is 0. The van der Waals surface area contributed by atoms with Gasteiger partial charge >= 0.3 is 0 Å². The van der Waals surface area contributed by atoms with Gasteiger partial charge in [0, 0.05) is 17.5 Å². The summed E-state index contributed by atoms with van der Waals surface area (Å²) in [4.78, 5) is 0. The van der Waals surface area contributed by atoms with Crippen molar-refractivity contribution in [2.75, 3.05) is 66.1 Å². The average molecular weight is 615 g/mol. The molecule has 4 atom stereocenters. The summed E-state index contributed by atoms with van der Waals surface area (Å²) in [6.45, 7) is 13.7. The summed E-state index contributed by atoms with van der Waals surface area (Å²) in [6, 6.07) is 0. The maximum Gasteiger partial charge on any atom is 0.104 e. The Bertz CT molecular complexity index is 736. The lowest BCUT2D eigenvalue weighted by Gasteiger charge is -2.46. The van der Waals surface area contributed by atoms with Crippen molar-refractivity contribution in [3.05, 3.63) is 0 Å². The Kier molecular flexibility index (Phi) is 12.1. The third kappa shape index (κ3) is 11.5. The molecule has 0 amide bonds. The fraction of sp³-hybridized carbons (Fsp3) is 1.00. The fourth-order valence-corrected chi connectivity index (χ4v) is 7.72. The third-order valence-electron chi connectivity index (χ3n) is 11.4. The van der Waals surface area contributed by atoms with Gasteiger partial charge in [-0.1, -0.05) is 13.8 Å². The number of hydrogen-bond acceptors (Lipinski definition) is 8. The van der Waals surface area contributed by atoms with Crippen LogP contribution in [0.15, 0.2) is 0 Å². The van der Waals surface area contributed by atoms with Crippen LogP contribution in [-0.4, -0.2) is 103 Å². The summed E-state index contributed by atoms with van der Waals surface area (Å²) >= 11 is 0. The van der Waals surface area contributed by atoms with Crippen molar-refractivity contribution in [2.24, 2.45) is 29.1 Å². The molecule has 3 saturated carbocycles. The highest BCUT2D eigenvalue weighted by Crippen LogP contribution is 2.49. The van der Waals surface area contributed by atoms with Gasteiger partial charge in [0.15, 0.2) is 0 Å². The Balaban J connectivity index is 0.000000246. The van der Waals surface area contributed by atoms with E-state index in [2.05, 4.69) is 13.8 Å². The Labute approximate surface area is 264 Å². The van der Waals surface area contributed by atoms with Crippen LogP contribution >= 0.6 is 0 Å². The molecule has 254 valence electrons. The highest BCUT2D eigenvalue weighted by molar-refractivity contribution is 4.91. The van der Waals surface area contributed by atoms with Crippen LogP contribution in [0.4, 0.5) is 0 Å². The molecule has 0 bridgehead atoms. The van der Waals surface area contributed by atoms with Crippen LogP contribution < -0.4 is 0 Å². The summed E-state index contributed by atoms with van der Waals surface area (Å²) in [5, 5.41) is 0. The van der Waals surface area contributed by atoms with Crippen LogP contribution in [0.2, 0.25) is 0 Å². The van der Waals surface area contributed by atoms with Crippen LogP contribution in [0.3, 0.4) is 0 Å². The molecule has 8 nitrogen and oxygen atoms in total. The fourth-order valence-electron chi connectivity index (χ4n) is 7.72. The monoisotopic (exact) mass is 614 g/mol. The highest BCUT2D eigenvalue weighted by atomic mass is 16.6. The normalized spacial score (nSPS) is 40.3. The van der Waals surface area contributed by atoms with E-state index in [0.717, 1.165) is 89.7 Å². The molecule has 0 spiro atoms. The number of rotatable bonds is 16.